The highest BCUT2D eigenvalue weighted by Gasteiger charge is 2.29. The minimum Gasteiger partial charge on any atom is -0.485 e. The number of aromatic nitrogens is 2. The van der Waals surface area contributed by atoms with E-state index in [2.05, 4.69) is 15.5 Å². The molecule has 128 valence electrons. The van der Waals surface area contributed by atoms with Gasteiger partial charge < -0.3 is 20.3 Å². The molecule has 2 aromatic rings. The maximum atomic E-state index is 11.8. The zero-order chi connectivity index (χ0) is 16.9. The minimum atomic E-state index is -0.0413. The number of carbonyl (C=O) groups excluding carboxylic acids is 1. The first-order valence-electron chi connectivity index (χ1n) is 8.21. The van der Waals surface area contributed by atoms with Crippen LogP contribution in [-0.4, -0.2) is 22.1 Å². The van der Waals surface area contributed by atoms with E-state index in [1.165, 1.54) is 0 Å². The molecule has 0 saturated heterocycles. The first kappa shape index (κ1) is 16.4. The molecular weight excluding hydrogens is 308 g/mol. The summed E-state index contributed by atoms with van der Waals surface area (Å²) in [4.78, 5) is 16.1. The van der Waals surface area contributed by atoms with Crippen molar-refractivity contribution in [1.82, 2.24) is 10.1 Å². The lowest BCUT2D eigenvalue weighted by Gasteiger charge is -2.08. The van der Waals surface area contributed by atoms with Crippen molar-refractivity contribution in [3.63, 3.8) is 0 Å². The van der Waals surface area contributed by atoms with Gasteiger partial charge in [-0.1, -0.05) is 5.16 Å². The maximum Gasteiger partial charge on any atom is 0.229 e. The fraction of sp³-hybridized carbons (Fsp3) is 0.471. The van der Waals surface area contributed by atoms with E-state index in [-0.39, 0.29) is 18.6 Å². The normalized spacial score (nSPS) is 15.1. The molecule has 3 N–H and O–H groups in total. The van der Waals surface area contributed by atoms with Crippen molar-refractivity contribution in [3.8, 4) is 5.75 Å². The first-order chi connectivity index (χ1) is 11.6. The number of anilines is 1. The Morgan fingerprint density at radius 3 is 2.83 bits per heavy atom. The molecule has 1 atom stereocenters. The zero-order valence-electron chi connectivity index (χ0n) is 13.7. The Balaban J connectivity index is 1.46. The van der Waals surface area contributed by atoms with Gasteiger partial charge in [-0.15, -0.1) is 0 Å². The number of hydrogen-bond acceptors (Lipinski definition) is 6. The molecule has 1 amide bonds. The van der Waals surface area contributed by atoms with Crippen LogP contribution >= 0.6 is 0 Å². The second-order valence-electron chi connectivity index (χ2n) is 6.20. The molecule has 3 rings (SSSR count). The van der Waals surface area contributed by atoms with Gasteiger partial charge in [-0.05, 0) is 50.5 Å². The molecule has 1 aliphatic rings. The molecule has 24 heavy (non-hydrogen) atoms. The van der Waals surface area contributed by atoms with E-state index in [0.717, 1.165) is 18.5 Å². The fourth-order valence-corrected chi connectivity index (χ4v) is 2.19. The van der Waals surface area contributed by atoms with Gasteiger partial charge in [0.15, 0.2) is 6.61 Å². The minimum absolute atomic E-state index is 0.0251. The van der Waals surface area contributed by atoms with Crippen LogP contribution < -0.4 is 15.8 Å². The quantitative estimate of drug-likeness (QED) is 0.771. The van der Waals surface area contributed by atoms with E-state index in [4.69, 9.17) is 15.0 Å². The van der Waals surface area contributed by atoms with E-state index in [1.54, 1.807) is 24.3 Å². The van der Waals surface area contributed by atoms with Crippen molar-refractivity contribution in [1.29, 1.82) is 0 Å². The Hall–Kier alpha value is -2.41. The third kappa shape index (κ3) is 4.79. The van der Waals surface area contributed by atoms with Gasteiger partial charge in [0, 0.05) is 24.1 Å². The lowest BCUT2D eigenvalue weighted by molar-refractivity contribution is -0.116. The van der Waals surface area contributed by atoms with E-state index >= 15 is 0 Å². The van der Waals surface area contributed by atoms with Gasteiger partial charge in [0.05, 0.1) is 0 Å². The molecule has 1 aromatic carbocycles. The summed E-state index contributed by atoms with van der Waals surface area (Å²) in [5.41, 5.74) is 6.37. The van der Waals surface area contributed by atoms with Crippen molar-refractivity contribution < 1.29 is 14.1 Å². The van der Waals surface area contributed by atoms with E-state index in [0.29, 0.717) is 36.2 Å². The van der Waals surface area contributed by atoms with Crippen LogP contribution in [0.5, 0.6) is 5.75 Å². The number of nitrogens with one attached hydrogen (secondary N) is 1. The molecule has 0 aliphatic heterocycles. The molecule has 1 unspecified atom stereocenters. The van der Waals surface area contributed by atoms with Crippen LogP contribution in [0.1, 0.15) is 50.2 Å². The zero-order valence-corrected chi connectivity index (χ0v) is 13.7. The molecule has 7 heteroatoms. The Morgan fingerprint density at radius 1 is 1.42 bits per heavy atom. The predicted octanol–water partition coefficient (Wildman–Crippen LogP) is 2.59. The van der Waals surface area contributed by atoms with Crippen molar-refractivity contribution in [2.45, 2.75) is 51.2 Å². The summed E-state index contributed by atoms with van der Waals surface area (Å²) in [6, 6.07) is 7.21. The molecule has 7 nitrogen and oxygen atoms in total. The van der Waals surface area contributed by atoms with E-state index in [9.17, 15) is 4.79 Å². The first-order valence-corrected chi connectivity index (χ1v) is 8.21. The summed E-state index contributed by atoms with van der Waals surface area (Å²) in [5.74, 6) is 2.33. The number of nitrogens with zero attached hydrogens (tertiary/aromatic N) is 2. The van der Waals surface area contributed by atoms with Crippen LogP contribution in [0.15, 0.2) is 28.8 Å². The predicted molar refractivity (Wildman–Crippen MR) is 88.6 cm³/mol. The number of rotatable bonds is 8. The van der Waals surface area contributed by atoms with Crippen molar-refractivity contribution in [2.75, 3.05) is 5.32 Å². The number of hydrogen-bond donors (Lipinski definition) is 2. The Labute approximate surface area is 140 Å². The maximum absolute atomic E-state index is 11.8. The molecule has 1 heterocycles. The van der Waals surface area contributed by atoms with Crippen LogP contribution in [0, 0.1) is 0 Å². The largest absolute Gasteiger partial charge is 0.485 e. The van der Waals surface area contributed by atoms with Crippen molar-refractivity contribution in [3.05, 3.63) is 36.0 Å². The van der Waals surface area contributed by atoms with Crippen LogP contribution in [0.25, 0.3) is 0 Å². The molecular formula is C17H22N4O3. The second kappa shape index (κ2) is 7.44. The monoisotopic (exact) mass is 330 g/mol. The number of carbonyl (C=O) groups is 1. The molecule has 1 saturated carbocycles. The molecule has 0 spiro atoms. The smallest absolute Gasteiger partial charge is 0.229 e. The third-order valence-electron chi connectivity index (χ3n) is 3.74. The van der Waals surface area contributed by atoms with Crippen LogP contribution in [0.3, 0.4) is 0 Å². The molecule has 0 bridgehead atoms. The van der Waals surface area contributed by atoms with Gasteiger partial charge in [0.1, 0.15) is 5.75 Å². The standard InChI is InChI=1S/C17H22N4O3/c1-11(18)2-9-16(22)19-13-5-7-14(8-6-13)23-10-15-20-17(24-21-15)12-3-4-12/h5-8,11-12H,2-4,9-10,18H2,1H3,(H,19,22). The van der Waals surface area contributed by atoms with Crippen molar-refractivity contribution >= 4 is 11.6 Å². The number of amides is 1. The Kier molecular flexibility index (Phi) is 5.10. The van der Waals surface area contributed by atoms with Crippen LogP contribution in [-0.2, 0) is 11.4 Å². The average Bonchev–Trinajstić information content (AvgIpc) is 3.31. The van der Waals surface area contributed by atoms with Gasteiger partial charge >= 0.3 is 0 Å². The Bertz CT molecular complexity index is 677. The summed E-state index contributed by atoms with van der Waals surface area (Å²) in [5, 5.41) is 6.74. The highest BCUT2D eigenvalue weighted by atomic mass is 16.5. The van der Waals surface area contributed by atoms with Crippen LogP contribution in [0.2, 0.25) is 0 Å². The third-order valence-corrected chi connectivity index (χ3v) is 3.74. The highest BCUT2D eigenvalue weighted by Crippen LogP contribution is 2.38. The summed E-state index contributed by atoms with van der Waals surface area (Å²) in [7, 11) is 0. The van der Waals surface area contributed by atoms with Gasteiger partial charge in [-0.2, -0.15) is 4.98 Å². The van der Waals surface area contributed by atoms with Crippen LogP contribution in [0.4, 0.5) is 5.69 Å². The summed E-state index contributed by atoms with van der Waals surface area (Å²) >= 11 is 0. The summed E-state index contributed by atoms with van der Waals surface area (Å²) < 4.78 is 10.8. The van der Waals surface area contributed by atoms with Gasteiger partial charge in [0.2, 0.25) is 17.6 Å². The molecule has 0 radical (unpaired) electrons. The summed E-state index contributed by atoms with van der Waals surface area (Å²) in [6.45, 7) is 2.15. The average molecular weight is 330 g/mol. The molecule has 1 aromatic heterocycles. The van der Waals surface area contributed by atoms with Crippen molar-refractivity contribution in [2.24, 2.45) is 5.73 Å². The lowest BCUT2D eigenvalue weighted by Crippen LogP contribution is -2.19. The topological polar surface area (TPSA) is 103 Å². The second-order valence-corrected chi connectivity index (χ2v) is 6.20. The van der Waals surface area contributed by atoms with E-state index in [1.807, 2.05) is 6.92 Å². The highest BCUT2D eigenvalue weighted by molar-refractivity contribution is 5.90. The lowest BCUT2D eigenvalue weighted by atomic mass is 10.2. The van der Waals surface area contributed by atoms with Gasteiger partial charge in [-0.25, -0.2) is 0 Å². The fourth-order valence-electron chi connectivity index (χ4n) is 2.19. The van der Waals surface area contributed by atoms with Gasteiger partial charge in [-0.3, -0.25) is 4.79 Å². The summed E-state index contributed by atoms with van der Waals surface area (Å²) in [6.07, 6.45) is 3.33. The van der Waals surface area contributed by atoms with Gasteiger partial charge in [0.25, 0.3) is 0 Å². The molecule has 1 aliphatic carbocycles. The molecule has 1 fully saturated rings. The number of ether oxygens (including phenoxy) is 1. The Morgan fingerprint density at radius 2 is 2.17 bits per heavy atom. The number of nitrogens with two attached hydrogens (primary N) is 1. The number of benzene rings is 1. The SMILES string of the molecule is CC(N)CCC(=O)Nc1ccc(OCc2noc(C3CC3)n2)cc1. The van der Waals surface area contributed by atoms with E-state index < -0.39 is 0 Å².